The molecule has 5 unspecified atom stereocenters. The molecule has 3 aliphatic rings. The van der Waals surface area contributed by atoms with Crippen molar-refractivity contribution >= 4 is 15.9 Å². The van der Waals surface area contributed by atoms with Crippen LogP contribution in [0.3, 0.4) is 0 Å². The fraction of sp³-hybridized carbons (Fsp3) is 0.647. The molecule has 1 N–H and O–H groups in total. The number of hydrogen-bond donors (Lipinski definition) is 1. The van der Waals surface area contributed by atoms with Crippen LogP contribution in [0, 0.1) is 29.6 Å². The number of halogens is 1. The van der Waals surface area contributed by atoms with Crippen LogP contribution in [-0.4, -0.2) is 18.3 Å². The molecule has 5 atom stereocenters. The predicted octanol–water partition coefficient (Wildman–Crippen LogP) is 3.65. The largest absolute Gasteiger partial charge is 0.496 e. The van der Waals surface area contributed by atoms with Gasteiger partial charge in [-0.25, -0.2) is 0 Å². The third-order valence-electron chi connectivity index (χ3n) is 5.90. The zero-order chi connectivity index (χ0) is 13.9. The predicted molar refractivity (Wildman–Crippen MR) is 81.7 cm³/mol. The van der Waals surface area contributed by atoms with Crippen LogP contribution >= 0.6 is 15.9 Å². The molecule has 0 spiro atoms. The van der Waals surface area contributed by atoms with Crippen LogP contribution in [0.2, 0.25) is 0 Å². The first-order valence-electron chi connectivity index (χ1n) is 7.69. The first kappa shape index (κ1) is 13.1. The molecule has 2 bridgehead atoms. The van der Waals surface area contributed by atoms with Gasteiger partial charge in [0.05, 0.1) is 17.7 Å². The summed E-state index contributed by atoms with van der Waals surface area (Å²) in [6.07, 6.45) is 4.91. The van der Waals surface area contributed by atoms with E-state index in [-0.39, 0.29) is 6.10 Å². The molecule has 0 aromatic heterocycles. The molecular weight excluding hydrogens is 316 g/mol. The summed E-state index contributed by atoms with van der Waals surface area (Å²) in [6.45, 7) is 0. The Bertz CT molecular complexity index is 514. The highest BCUT2D eigenvalue weighted by atomic mass is 79.9. The molecule has 20 heavy (non-hydrogen) atoms. The minimum absolute atomic E-state index is 0.159. The quantitative estimate of drug-likeness (QED) is 0.909. The average molecular weight is 337 g/mol. The highest BCUT2D eigenvalue weighted by Crippen LogP contribution is 2.70. The number of aliphatic hydroxyl groups is 1. The molecule has 2 nitrogen and oxygen atoms in total. The van der Waals surface area contributed by atoms with Crippen molar-refractivity contribution in [2.24, 2.45) is 29.6 Å². The summed E-state index contributed by atoms with van der Waals surface area (Å²) in [4.78, 5) is 0. The summed E-state index contributed by atoms with van der Waals surface area (Å²) in [6, 6.07) is 6.12. The van der Waals surface area contributed by atoms with Crippen LogP contribution in [0.15, 0.2) is 22.7 Å². The summed E-state index contributed by atoms with van der Waals surface area (Å²) < 4.78 is 6.23. The van der Waals surface area contributed by atoms with E-state index in [1.807, 2.05) is 6.07 Å². The molecule has 0 radical (unpaired) electrons. The molecular formula is C17H21BrO2. The minimum atomic E-state index is -0.159. The Hall–Kier alpha value is -0.540. The standard InChI is InChI=1S/C17H21BrO2/c1-20-14-5-2-9(6-12(14)18)7-13(19)17-15-10-3-4-11(8-10)16(15)17/h2,5-6,10-11,13,15-17,19H,3-4,7-8H2,1H3. The second kappa shape index (κ2) is 4.74. The Morgan fingerprint density at radius 3 is 2.60 bits per heavy atom. The zero-order valence-electron chi connectivity index (χ0n) is 11.8. The van der Waals surface area contributed by atoms with E-state index in [9.17, 15) is 5.11 Å². The van der Waals surface area contributed by atoms with Gasteiger partial charge in [0.1, 0.15) is 5.75 Å². The Morgan fingerprint density at radius 1 is 1.30 bits per heavy atom. The van der Waals surface area contributed by atoms with Gasteiger partial charge >= 0.3 is 0 Å². The molecule has 3 heteroatoms. The van der Waals surface area contributed by atoms with E-state index in [1.165, 1.54) is 24.8 Å². The molecule has 3 aliphatic carbocycles. The van der Waals surface area contributed by atoms with E-state index in [4.69, 9.17) is 4.74 Å². The number of benzene rings is 1. The fourth-order valence-electron chi connectivity index (χ4n) is 5.12. The van der Waals surface area contributed by atoms with Crippen molar-refractivity contribution in [3.8, 4) is 5.75 Å². The first-order valence-corrected chi connectivity index (χ1v) is 8.49. The van der Waals surface area contributed by atoms with Gasteiger partial charge in [0.2, 0.25) is 0 Å². The van der Waals surface area contributed by atoms with E-state index < -0.39 is 0 Å². The van der Waals surface area contributed by atoms with Gasteiger partial charge in [-0.3, -0.25) is 0 Å². The lowest BCUT2D eigenvalue weighted by molar-refractivity contribution is 0.128. The normalized spacial score (nSPS) is 38.6. The maximum atomic E-state index is 10.6. The van der Waals surface area contributed by atoms with E-state index >= 15 is 0 Å². The fourth-order valence-corrected chi connectivity index (χ4v) is 5.71. The van der Waals surface area contributed by atoms with Gasteiger partial charge in [-0.1, -0.05) is 6.07 Å². The third kappa shape index (κ3) is 1.93. The lowest BCUT2D eigenvalue weighted by Gasteiger charge is -2.16. The number of fused-ring (bicyclic) bond motifs is 5. The van der Waals surface area contributed by atoms with Gasteiger partial charge < -0.3 is 9.84 Å². The van der Waals surface area contributed by atoms with E-state index in [0.717, 1.165) is 40.3 Å². The van der Waals surface area contributed by atoms with Crippen LogP contribution in [0.1, 0.15) is 24.8 Å². The molecule has 1 aromatic rings. The smallest absolute Gasteiger partial charge is 0.133 e. The lowest BCUT2D eigenvalue weighted by Crippen LogP contribution is -2.18. The molecule has 1 aromatic carbocycles. The topological polar surface area (TPSA) is 29.5 Å². The summed E-state index contributed by atoms with van der Waals surface area (Å²) in [5.41, 5.74) is 1.20. The lowest BCUT2D eigenvalue weighted by atomic mass is 9.95. The summed E-state index contributed by atoms with van der Waals surface area (Å²) in [5, 5.41) is 10.6. The van der Waals surface area contributed by atoms with Crippen molar-refractivity contribution < 1.29 is 9.84 Å². The SMILES string of the molecule is COc1ccc(CC(O)C2C3C4CCC(C4)C23)cc1Br. The molecule has 108 valence electrons. The van der Waals surface area contributed by atoms with E-state index in [1.54, 1.807) is 7.11 Å². The number of aliphatic hydroxyl groups excluding tert-OH is 1. The molecule has 0 amide bonds. The third-order valence-corrected chi connectivity index (χ3v) is 6.52. The Labute approximate surface area is 128 Å². The second-order valence-corrected chi connectivity index (χ2v) is 7.66. The maximum absolute atomic E-state index is 10.6. The number of rotatable bonds is 4. The molecule has 3 fully saturated rings. The molecule has 0 aliphatic heterocycles. The van der Waals surface area contributed by atoms with Crippen molar-refractivity contribution in [3.63, 3.8) is 0 Å². The monoisotopic (exact) mass is 336 g/mol. The molecule has 0 heterocycles. The van der Waals surface area contributed by atoms with Crippen molar-refractivity contribution in [2.75, 3.05) is 7.11 Å². The Kier molecular flexibility index (Phi) is 3.11. The molecule has 3 saturated carbocycles. The highest BCUT2D eigenvalue weighted by molar-refractivity contribution is 9.10. The van der Waals surface area contributed by atoms with Crippen LogP contribution in [0.5, 0.6) is 5.75 Å². The van der Waals surface area contributed by atoms with Gasteiger partial charge in [0.15, 0.2) is 0 Å². The summed E-state index contributed by atoms with van der Waals surface area (Å²) in [5.74, 6) is 5.02. The average Bonchev–Trinajstić information content (AvgIpc) is 2.88. The molecule has 0 saturated heterocycles. The Morgan fingerprint density at radius 2 is 2.00 bits per heavy atom. The van der Waals surface area contributed by atoms with Gasteiger partial charge in [-0.2, -0.15) is 0 Å². The van der Waals surface area contributed by atoms with Gasteiger partial charge in [0, 0.05) is 0 Å². The van der Waals surface area contributed by atoms with Crippen LogP contribution in [0.4, 0.5) is 0 Å². The van der Waals surface area contributed by atoms with E-state index in [0.29, 0.717) is 5.92 Å². The van der Waals surface area contributed by atoms with Gasteiger partial charge in [-0.05, 0) is 88.9 Å². The first-order chi connectivity index (χ1) is 9.69. The van der Waals surface area contributed by atoms with E-state index in [2.05, 4.69) is 28.1 Å². The van der Waals surface area contributed by atoms with Crippen molar-refractivity contribution in [3.05, 3.63) is 28.2 Å². The Balaban J connectivity index is 1.44. The minimum Gasteiger partial charge on any atom is -0.496 e. The summed E-state index contributed by atoms with van der Waals surface area (Å²) in [7, 11) is 1.68. The number of hydrogen-bond acceptors (Lipinski definition) is 2. The van der Waals surface area contributed by atoms with Gasteiger partial charge in [-0.15, -0.1) is 0 Å². The van der Waals surface area contributed by atoms with Crippen molar-refractivity contribution in [1.29, 1.82) is 0 Å². The van der Waals surface area contributed by atoms with Crippen molar-refractivity contribution in [1.82, 2.24) is 0 Å². The van der Waals surface area contributed by atoms with Crippen LogP contribution in [0.25, 0.3) is 0 Å². The zero-order valence-corrected chi connectivity index (χ0v) is 13.3. The van der Waals surface area contributed by atoms with Crippen molar-refractivity contribution in [2.45, 2.75) is 31.8 Å². The highest BCUT2D eigenvalue weighted by Gasteiger charge is 2.66. The second-order valence-electron chi connectivity index (χ2n) is 6.81. The van der Waals surface area contributed by atoms with Crippen LogP contribution in [-0.2, 0) is 6.42 Å². The van der Waals surface area contributed by atoms with Gasteiger partial charge in [0.25, 0.3) is 0 Å². The number of methoxy groups -OCH3 is 1. The number of ether oxygens (including phenoxy) is 1. The maximum Gasteiger partial charge on any atom is 0.133 e. The summed E-state index contributed by atoms with van der Waals surface area (Å²) >= 11 is 3.52. The molecule has 4 rings (SSSR count). The van der Waals surface area contributed by atoms with Crippen LogP contribution < -0.4 is 4.74 Å².